The molecule has 60 heavy (non-hydrogen) atoms. The van der Waals surface area contributed by atoms with Crippen molar-refractivity contribution in [1.29, 1.82) is 0 Å². The average Bonchev–Trinajstić information content (AvgIpc) is 3.77. The lowest BCUT2D eigenvalue weighted by Crippen LogP contribution is -2.42. The van der Waals surface area contributed by atoms with Gasteiger partial charge in [0, 0.05) is 31.2 Å². The van der Waals surface area contributed by atoms with Crippen LogP contribution < -0.4 is 5.32 Å². The maximum atomic E-state index is 13.9. The van der Waals surface area contributed by atoms with E-state index in [0.717, 1.165) is 109 Å². The molecule has 0 unspecified atom stereocenters. The number of aromatic nitrogens is 4. The summed E-state index contributed by atoms with van der Waals surface area (Å²) in [6.07, 6.45) is 11.4. The Morgan fingerprint density at radius 2 is 1.57 bits per heavy atom. The zero-order chi connectivity index (χ0) is 41.2. The molecule has 9 rings (SSSR count). The zero-order valence-electron chi connectivity index (χ0n) is 34.6. The van der Waals surface area contributed by atoms with Gasteiger partial charge in [0.25, 0.3) is 5.91 Å². The molecule has 0 radical (unpaired) electrons. The zero-order valence-corrected chi connectivity index (χ0v) is 34.6. The van der Waals surface area contributed by atoms with E-state index in [1.54, 1.807) is 4.90 Å². The summed E-state index contributed by atoms with van der Waals surface area (Å²) < 4.78 is 11.1. The first-order valence-electron chi connectivity index (χ1n) is 21.7. The number of hydrogen-bond acceptors (Lipinski definition) is 7. The fraction of sp³-hybridized carbons (Fsp3) is 0.438. The van der Waals surface area contributed by atoms with E-state index < -0.39 is 12.1 Å². The van der Waals surface area contributed by atoms with Gasteiger partial charge in [0.05, 0.1) is 49.1 Å². The van der Waals surface area contributed by atoms with Crippen molar-refractivity contribution in [3.8, 4) is 33.6 Å². The van der Waals surface area contributed by atoms with E-state index in [9.17, 15) is 14.4 Å². The monoisotopic (exact) mass is 809 g/mol. The molecule has 3 N–H and O–H groups in total. The quantitative estimate of drug-likeness (QED) is 0.149. The Labute approximate surface area is 351 Å². The van der Waals surface area contributed by atoms with Crippen molar-refractivity contribution in [3.63, 3.8) is 0 Å². The van der Waals surface area contributed by atoms with Crippen LogP contribution in [-0.4, -0.2) is 74.4 Å². The Bertz CT molecular complexity index is 2300. The van der Waals surface area contributed by atoms with Crippen molar-refractivity contribution < 1.29 is 23.9 Å². The number of ether oxygens (including phenoxy) is 2. The molecule has 5 heterocycles. The lowest BCUT2D eigenvalue weighted by atomic mass is 10.0. The molecule has 3 aromatic carbocycles. The predicted octanol–water partition coefficient (Wildman–Crippen LogP) is 9.07. The summed E-state index contributed by atoms with van der Waals surface area (Å²) in [6, 6.07) is 25.0. The fourth-order valence-corrected chi connectivity index (χ4v) is 9.50. The van der Waals surface area contributed by atoms with Gasteiger partial charge in [-0.1, -0.05) is 105 Å². The summed E-state index contributed by atoms with van der Waals surface area (Å²) in [5.74, 6) is 1.69. The number of alkyl carbamates (subject to hydrolysis) is 1. The van der Waals surface area contributed by atoms with Crippen LogP contribution in [0.15, 0.2) is 85.1 Å². The molecule has 3 fully saturated rings. The third-order valence-electron chi connectivity index (χ3n) is 13.2. The number of hydrogen-bond donors (Lipinski definition) is 3. The van der Waals surface area contributed by atoms with E-state index in [4.69, 9.17) is 19.4 Å². The first-order valence-corrected chi connectivity index (χ1v) is 21.7. The number of nitrogens with zero attached hydrogens (tertiary/aromatic N) is 4. The van der Waals surface area contributed by atoms with E-state index in [1.165, 1.54) is 20.0 Å². The predicted molar refractivity (Wildman–Crippen MR) is 228 cm³/mol. The molecular formula is C48H55N7O5. The van der Waals surface area contributed by atoms with Crippen LogP contribution in [-0.2, 0) is 25.7 Å². The van der Waals surface area contributed by atoms with Crippen LogP contribution >= 0.6 is 0 Å². The van der Waals surface area contributed by atoms with E-state index in [0.29, 0.717) is 25.3 Å². The summed E-state index contributed by atoms with van der Waals surface area (Å²) in [5, 5.41) is 2.73. The third kappa shape index (κ3) is 8.22. The number of rotatable bonds is 7. The minimum absolute atomic E-state index is 0.0215. The summed E-state index contributed by atoms with van der Waals surface area (Å²) in [4.78, 5) is 61.1. The van der Waals surface area contributed by atoms with E-state index in [1.807, 2.05) is 36.5 Å². The van der Waals surface area contributed by atoms with Gasteiger partial charge in [-0.2, -0.15) is 0 Å². The Hall–Kier alpha value is -5.75. The summed E-state index contributed by atoms with van der Waals surface area (Å²) in [5.41, 5.74) is 7.84. The van der Waals surface area contributed by atoms with Gasteiger partial charge in [-0.05, 0) is 72.6 Å². The number of benzene rings is 3. The second-order valence-corrected chi connectivity index (χ2v) is 17.3. The highest BCUT2D eigenvalue weighted by Crippen LogP contribution is 2.58. The van der Waals surface area contributed by atoms with Crippen LogP contribution in [0.5, 0.6) is 0 Å². The van der Waals surface area contributed by atoms with Gasteiger partial charge in [-0.25, -0.2) is 14.8 Å². The number of amides is 3. The number of carbonyl (C=O) groups is 3. The van der Waals surface area contributed by atoms with Crippen LogP contribution in [0.25, 0.3) is 33.6 Å². The Balaban J connectivity index is 0.911. The lowest BCUT2D eigenvalue weighted by Gasteiger charge is -2.28. The van der Waals surface area contributed by atoms with Gasteiger partial charge in [0.2, 0.25) is 5.91 Å². The molecule has 3 amide bonds. The average molecular weight is 810 g/mol. The lowest BCUT2D eigenvalue weighted by molar-refractivity contribution is -0.136. The molecule has 5 aromatic rings. The van der Waals surface area contributed by atoms with Gasteiger partial charge >= 0.3 is 6.09 Å². The maximum absolute atomic E-state index is 13.9. The Kier molecular flexibility index (Phi) is 11.3. The van der Waals surface area contributed by atoms with Crippen LogP contribution in [0.2, 0.25) is 0 Å². The molecular weight excluding hydrogens is 755 g/mol. The Morgan fingerprint density at radius 3 is 2.30 bits per heavy atom. The second kappa shape index (κ2) is 17.1. The number of fused-ring (bicyclic) bond motifs is 4. The van der Waals surface area contributed by atoms with Crippen LogP contribution in [0.4, 0.5) is 4.79 Å². The first kappa shape index (κ1) is 39.7. The summed E-state index contributed by atoms with van der Waals surface area (Å²) >= 11 is 0. The smallest absolute Gasteiger partial charge is 0.407 e. The molecule has 1 aliphatic carbocycles. The molecule has 1 saturated carbocycles. The van der Waals surface area contributed by atoms with E-state index in [-0.39, 0.29) is 35.2 Å². The van der Waals surface area contributed by atoms with Crippen molar-refractivity contribution in [1.82, 2.24) is 35.1 Å². The van der Waals surface area contributed by atoms with Crippen LogP contribution in [0.1, 0.15) is 112 Å². The normalized spacial score (nSPS) is 22.2. The van der Waals surface area contributed by atoms with Gasteiger partial charge < -0.3 is 34.6 Å². The molecule has 12 nitrogen and oxygen atoms in total. The number of H-pyrrole nitrogens is 2. The number of imidazole rings is 2. The van der Waals surface area contributed by atoms with Crippen molar-refractivity contribution in [3.05, 3.63) is 108 Å². The Morgan fingerprint density at radius 1 is 0.850 bits per heavy atom. The second-order valence-electron chi connectivity index (χ2n) is 17.3. The van der Waals surface area contributed by atoms with E-state index in [2.05, 4.69) is 75.6 Å². The van der Waals surface area contributed by atoms with Crippen molar-refractivity contribution in [2.24, 2.45) is 11.3 Å². The number of nitrogens with one attached hydrogen (secondary N) is 3. The van der Waals surface area contributed by atoms with Gasteiger partial charge in [-0.3, -0.25) is 9.59 Å². The summed E-state index contributed by atoms with van der Waals surface area (Å²) in [7, 11) is 1.29. The number of methoxy groups -OCH3 is 1. The highest BCUT2D eigenvalue weighted by Gasteiger charge is 2.54. The highest BCUT2D eigenvalue weighted by atomic mass is 16.5. The SMILES string of the molecule is COC(=O)N[C@@H](C(=O)N1CCC[C@H]1c1ncc(-c2ccc(-c3ccc(-c4nc5[nH]c4COCCCCCC[C@H](C)C(=O)N4CC6(CC6)C[C@@H]54)cc3)cc2)[nH]1)c1ccccc1. The largest absolute Gasteiger partial charge is 0.453 e. The van der Waals surface area contributed by atoms with Crippen LogP contribution in [0.3, 0.4) is 0 Å². The molecule has 2 saturated heterocycles. The minimum atomic E-state index is -0.871. The van der Waals surface area contributed by atoms with Crippen molar-refractivity contribution in [2.75, 3.05) is 26.8 Å². The molecule has 12 heteroatoms. The number of likely N-dealkylation sites (tertiary alicyclic amines) is 1. The standard InChI is InChI=1S/C48H55N7O5/c1-31-11-6-3-4-9-26-60-29-38-41(52-44(51-38)40-27-48(23-24-48)30-55(40)45(31)56)36-21-17-33(18-22-36)32-15-19-34(20-16-32)37-28-49-43(50-37)39-14-10-25-54(39)46(57)42(53-47(58)59-2)35-12-7-5-8-13-35/h5,7-8,12-13,15-22,28,31,39-40,42H,3-4,6,9-11,14,23-27,29-30H2,1-2H3,(H,49,50)(H,51,52)(H,53,58)/t31-,39-,40-,42+/m0/s1. The molecule has 312 valence electrons. The topological polar surface area (TPSA) is 146 Å². The highest BCUT2D eigenvalue weighted by molar-refractivity contribution is 5.87. The molecule has 1 spiro atoms. The van der Waals surface area contributed by atoms with Crippen molar-refractivity contribution in [2.45, 2.75) is 95.9 Å². The van der Waals surface area contributed by atoms with Crippen molar-refractivity contribution >= 4 is 17.9 Å². The number of carbonyl (C=O) groups excluding carboxylic acids is 3. The third-order valence-corrected chi connectivity index (χ3v) is 13.2. The molecule has 2 aromatic heterocycles. The fourth-order valence-electron chi connectivity index (χ4n) is 9.50. The molecule has 4 aliphatic rings. The minimum Gasteiger partial charge on any atom is -0.453 e. The summed E-state index contributed by atoms with van der Waals surface area (Å²) in [6.45, 7) is 4.67. The van der Waals surface area contributed by atoms with E-state index >= 15 is 0 Å². The number of aromatic amines is 2. The molecule has 2 bridgehead atoms. The molecule has 3 aliphatic heterocycles. The van der Waals surface area contributed by atoms with Crippen LogP contribution in [0, 0.1) is 11.3 Å². The molecule has 4 atom stereocenters. The van der Waals surface area contributed by atoms with Gasteiger partial charge in [0.15, 0.2) is 0 Å². The van der Waals surface area contributed by atoms with Gasteiger partial charge in [0.1, 0.15) is 17.7 Å². The maximum Gasteiger partial charge on any atom is 0.407 e. The van der Waals surface area contributed by atoms with Gasteiger partial charge in [-0.15, -0.1) is 0 Å². The first-order chi connectivity index (χ1) is 29.3.